The van der Waals surface area contributed by atoms with Crippen molar-refractivity contribution < 1.29 is 22.3 Å². The Kier molecular flexibility index (Phi) is 5.62. The number of hydrogen-bond acceptors (Lipinski definition) is 6. The number of ether oxygens (including phenoxy) is 1. The van der Waals surface area contributed by atoms with Gasteiger partial charge in [-0.3, -0.25) is 4.72 Å². The number of esters is 1. The van der Waals surface area contributed by atoms with Crippen LogP contribution in [0.4, 0.5) is 10.2 Å². The van der Waals surface area contributed by atoms with E-state index in [-0.39, 0.29) is 22.9 Å². The number of aryl methyl sites for hydroxylation is 1. The molecule has 2 heterocycles. The summed E-state index contributed by atoms with van der Waals surface area (Å²) in [6, 6.07) is 13.5. The number of rotatable bonds is 6. The van der Waals surface area contributed by atoms with E-state index in [9.17, 15) is 17.6 Å². The molecule has 0 amide bonds. The van der Waals surface area contributed by atoms with Crippen LogP contribution in [0.25, 0.3) is 16.7 Å². The van der Waals surface area contributed by atoms with Crippen LogP contribution in [0.15, 0.2) is 65.7 Å². The van der Waals surface area contributed by atoms with Crippen molar-refractivity contribution in [2.75, 3.05) is 11.3 Å². The molecule has 2 aromatic heterocycles. The molecule has 32 heavy (non-hydrogen) atoms. The van der Waals surface area contributed by atoms with Crippen molar-refractivity contribution in [2.45, 2.75) is 18.7 Å². The molecular formula is C22H19FN4O4S. The van der Waals surface area contributed by atoms with Gasteiger partial charge in [-0.1, -0.05) is 18.2 Å². The highest BCUT2D eigenvalue weighted by molar-refractivity contribution is 7.92. The summed E-state index contributed by atoms with van der Waals surface area (Å²) in [5.74, 6) is -1.13. The summed E-state index contributed by atoms with van der Waals surface area (Å²) in [5, 5.41) is 5.13. The Labute approximate surface area is 183 Å². The number of sulfonamides is 1. The van der Waals surface area contributed by atoms with Crippen molar-refractivity contribution >= 4 is 32.7 Å². The SMILES string of the molecule is CCOC(=O)c1cnn(-c2cc(C)c3ccccc3n2)c1NS(=O)(=O)c1ccc(F)cc1. The first-order valence-corrected chi connectivity index (χ1v) is 11.2. The van der Waals surface area contributed by atoms with Gasteiger partial charge in [0.25, 0.3) is 10.0 Å². The van der Waals surface area contributed by atoms with E-state index in [0.717, 1.165) is 35.2 Å². The molecule has 0 fully saturated rings. The van der Waals surface area contributed by atoms with Gasteiger partial charge in [-0.05, 0) is 55.8 Å². The van der Waals surface area contributed by atoms with E-state index in [0.29, 0.717) is 11.3 Å². The third kappa shape index (κ3) is 4.04. The summed E-state index contributed by atoms with van der Waals surface area (Å²) >= 11 is 0. The van der Waals surface area contributed by atoms with Crippen molar-refractivity contribution in [3.8, 4) is 5.82 Å². The first-order chi connectivity index (χ1) is 15.3. The van der Waals surface area contributed by atoms with Gasteiger partial charge in [0.1, 0.15) is 11.4 Å². The number of pyridine rings is 1. The van der Waals surface area contributed by atoms with E-state index in [4.69, 9.17) is 4.74 Å². The number of nitrogens with one attached hydrogen (secondary N) is 1. The third-order valence-corrected chi connectivity index (χ3v) is 6.10. The molecule has 0 unspecified atom stereocenters. The van der Waals surface area contributed by atoms with Gasteiger partial charge in [0.2, 0.25) is 0 Å². The van der Waals surface area contributed by atoms with E-state index in [1.807, 2.05) is 31.2 Å². The van der Waals surface area contributed by atoms with Gasteiger partial charge in [-0.15, -0.1) is 0 Å². The first-order valence-electron chi connectivity index (χ1n) is 9.70. The van der Waals surface area contributed by atoms with Crippen molar-refractivity contribution in [1.82, 2.24) is 14.8 Å². The monoisotopic (exact) mass is 454 g/mol. The smallest absolute Gasteiger partial charge is 0.343 e. The second-order valence-corrected chi connectivity index (χ2v) is 8.60. The van der Waals surface area contributed by atoms with E-state index in [1.54, 1.807) is 13.0 Å². The lowest BCUT2D eigenvalue weighted by Gasteiger charge is -2.13. The maximum atomic E-state index is 13.3. The van der Waals surface area contributed by atoms with Gasteiger partial charge < -0.3 is 4.74 Å². The zero-order valence-electron chi connectivity index (χ0n) is 17.2. The van der Waals surface area contributed by atoms with Crippen LogP contribution in [-0.4, -0.2) is 35.8 Å². The molecule has 0 saturated carbocycles. The minimum absolute atomic E-state index is 0.0786. The summed E-state index contributed by atoms with van der Waals surface area (Å²) in [6.07, 6.45) is 1.21. The molecular weight excluding hydrogens is 435 g/mol. The predicted molar refractivity (Wildman–Crippen MR) is 117 cm³/mol. The Bertz CT molecular complexity index is 1420. The summed E-state index contributed by atoms with van der Waals surface area (Å²) in [4.78, 5) is 16.9. The highest BCUT2D eigenvalue weighted by Gasteiger charge is 2.25. The molecule has 2 aromatic carbocycles. The standard InChI is InChI=1S/C22H19FN4O4S/c1-3-31-22(28)18-13-24-27(20-12-14(2)17-6-4-5-7-19(17)25-20)21(18)26-32(29,30)16-10-8-15(23)9-11-16/h4-13,26H,3H2,1-2H3. The fourth-order valence-corrected chi connectivity index (χ4v) is 4.28. The number of carbonyl (C=O) groups is 1. The molecule has 0 bridgehead atoms. The Balaban J connectivity index is 1.86. The number of benzene rings is 2. The van der Waals surface area contributed by atoms with Crippen LogP contribution in [-0.2, 0) is 14.8 Å². The number of anilines is 1. The number of fused-ring (bicyclic) bond motifs is 1. The molecule has 0 saturated heterocycles. The predicted octanol–water partition coefficient (Wildman–Crippen LogP) is 3.85. The number of nitrogens with zero attached hydrogens (tertiary/aromatic N) is 3. The van der Waals surface area contributed by atoms with Crippen LogP contribution in [0.3, 0.4) is 0 Å². The second-order valence-electron chi connectivity index (χ2n) is 6.91. The van der Waals surface area contributed by atoms with Crippen molar-refractivity contribution in [3.63, 3.8) is 0 Å². The molecule has 0 aliphatic rings. The fraction of sp³-hybridized carbons (Fsp3) is 0.136. The molecule has 10 heteroatoms. The van der Waals surface area contributed by atoms with Crippen LogP contribution >= 0.6 is 0 Å². The summed E-state index contributed by atoms with van der Waals surface area (Å²) in [6.45, 7) is 3.63. The lowest BCUT2D eigenvalue weighted by Crippen LogP contribution is -2.19. The molecule has 4 rings (SSSR count). The zero-order chi connectivity index (χ0) is 22.9. The van der Waals surface area contributed by atoms with E-state index >= 15 is 0 Å². The molecule has 164 valence electrons. The molecule has 4 aromatic rings. The molecule has 0 aliphatic carbocycles. The second kappa shape index (κ2) is 8.39. The number of carbonyl (C=O) groups excluding carboxylic acids is 1. The number of halogens is 1. The van der Waals surface area contributed by atoms with Crippen LogP contribution in [0.1, 0.15) is 22.8 Å². The van der Waals surface area contributed by atoms with Gasteiger partial charge >= 0.3 is 5.97 Å². The molecule has 0 atom stereocenters. The Morgan fingerprint density at radius 3 is 2.59 bits per heavy atom. The topological polar surface area (TPSA) is 103 Å². The minimum atomic E-state index is -4.17. The van der Waals surface area contributed by atoms with E-state index in [1.165, 1.54) is 10.9 Å². The van der Waals surface area contributed by atoms with Crippen molar-refractivity contribution in [2.24, 2.45) is 0 Å². The lowest BCUT2D eigenvalue weighted by molar-refractivity contribution is 0.0527. The fourth-order valence-electron chi connectivity index (χ4n) is 3.22. The summed E-state index contributed by atoms with van der Waals surface area (Å²) < 4.78 is 47.8. The Hall–Kier alpha value is -3.79. The normalized spacial score (nSPS) is 11.5. The van der Waals surface area contributed by atoms with Gasteiger partial charge in [-0.2, -0.15) is 9.78 Å². The van der Waals surface area contributed by atoms with Crippen molar-refractivity contribution in [1.29, 1.82) is 0 Å². The lowest BCUT2D eigenvalue weighted by atomic mass is 10.1. The average molecular weight is 454 g/mol. The maximum absolute atomic E-state index is 13.3. The highest BCUT2D eigenvalue weighted by atomic mass is 32.2. The Morgan fingerprint density at radius 1 is 1.16 bits per heavy atom. The van der Waals surface area contributed by atoms with Crippen molar-refractivity contribution in [3.05, 3.63) is 77.7 Å². The maximum Gasteiger partial charge on any atom is 0.343 e. The van der Waals surface area contributed by atoms with Gasteiger partial charge in [0.15, 0.2) is 11.6 Å². The summed E-state index contributed by atoms with van der Waals surface area (Å²) in [7, 11) is -4.17. The minimum Gasteiger partial charge on any atom is -0.462 e. The molecule has 1 N–H and O–H groups in total. The molecule has 0 aliphatic heterocycles. The van der Waals surface area contributed by atoms with Gasteiger partial charge in [0.05, 0.1) is 23.2 Å². The quantitative estimate of drug-likeness (QED) is 0.444. The van der Waals surface area contributed by atoms with Gasteiger partial charge in [0, 0.05) is 5.39 Å². The third-order valence-electron chi connectivity index (χ3n) is 4.75. The van der Waals surface area contributed by atoms with Crippen LogP contribution in [0.5, 0.6) is 0 Å². The number of aromatic nitrogens is 3. The molecule has 0 spiro atoms. The largest absolute Gasteiger partial charge is 0.462 e. The highest BCUT2D eigenvalue weighted by Crippen LogP contribution is 2.26. The van der Waals surface area contributed by atoms with Gasteiger partial charge in [-0.25, -0.2) is 22.6 Å². The van der Waals surface area contributed by atoms with Crippen LogP contribution in [0, 0.1) is 12.7 Å². The molecule has 8 nitrogen and oxygen atoms in total. The van der Waals surface area contributed by atoms with E-state index in [2.05, 4.69) is 14.8 Å². The first kappa shape index (κ1) is 21.4. The number of para-hydroxylation sites is 1. The Morgan fingerprint density at radius 2 is 1.88 bits per heavy atom. The summed E-state index contributed by atoms with van der Waals surface area (Å²) in [5.41, 5.74) is 1.50. The number of hydrogen-bond donors (Lipinski definition) is 1. The molecule has 0 radical (unpaired) electrons. The van der Waals surface area contributed by atoms with E-state index < -0.39 is 21.8 Å². The van der Waals surface area contributed by atoms with Crippen LogP contribution < -0.4 is 4.72 Å². The zero-order valence-corrected chi connectivity index (χ0v) is 18.1. The van der Waals surface area contributed by atoms with Crippen LogP contribution in [0.2, 0.25) is 0 Å². The average Bonchev–Trinajstić information content (AvgIpc) is 3.17.